The molecule has 0 aliphatic heterocycles. The molecule has 0 fully saturated rings. The normalized spacial score (nSPS) is 9.61. The SMILES string of the molecule is C=C(C)C(=O)OCCO.C=CC(=O)OC(C)(C)C. The highest BCUT2D eigenvalue weighted by atomic mass is 16.6. The maximum Gasteiger partial charge on any atom is 0.333 e. The summed E-state index contributed by atoms with van der Waals surface area (Å²) in [5.74, 6) is -0.827. The minimum Gasteiger partial charge on any atom is -0.460 e. The quantitative estimate of drug-likeness (QED) is 0.612. The Kier molecular flexibility index (Phi) is 9.80. The van der Waals surface area contributed by atoms with Crippen molar-refractivity contribution in [1.29, 1.82) is 0 Å². The number of esters is 2. The van der Waals surface area contributed by atoms with Crippen LogP contribution in [-0.4, -0.2) is 35.9 Å². The minimum absolute atomic E-state index is 0.0473. The highest BCUT2D eigenvalue weighted by Crippen LogP contribution is 2.06. The molecule has 104 valence electrons. The fraction of sp³-hybridized carbons (Fsp3) is 0.538. The summed E-state index contributed by atoms with van der Waals surface area (Å²) in [6.07, 6.45) is 1.16. The Morgan fingerprint density at radius 1 is 1.33 bits per heavy atom. The van der Waals surface area contributed by atoms with Gasteiger partial charge in [-0.05, 0) is 27.7 Å². The molecule has 0 rings (SSSR count). The fourth-order valence-corrected chi connectivity index (χ4v) is 0.605. The second-order valence-electron chi connectivity index (χ2n) is 4.38. The zero-order valence-corrected chi connectivity index (χ0v) is 11.5. The molecule has 0 heterocycles. The van der Waals surface area contributed by atoms with Gasteiger partial charge in [0, 0.05) is 11.6 Å². The van der Waals surface area contributed by atoms with Crippen LogP contribution in [0.1, 0.15) is 27.7 Å². The number of ether oxygens (including phenoxy) is 2. The average Bonchev–Trinajstić information content (AvgIpc) is 2.24. The van der Waals surface area contributed by atoms with E-state index in [9.17, 15) is 9.59 Å². The fourth-order valence-electron chi connectivity index (χ4n) is 0.605. The Labute approximate surface area is 108 Å². The molecule has 0 aliphatic rings. The molecule has 0 aromatic rings. The van der Waals surface area contributed by atoms with Crippen LogP contribution in [0.4, 0.5) is 0 Å². The van der Waals surface area contributed by atoms with Crippen molar-refractivity contribution in [2.75, 3.05) is 13.2 Å². The van der Waals surface area contributed by atoms with Crippen molar-refractivity contribution in [3.8, 4) is 0 Å². The Morgan fingerprint density at radius 2 is 1.83 bits per heavy atom. The summed E-state index contributed by atoms with van der Waals surface area (Å²) < 4.78 is 9.29. The highest BCUT2D eigenvalue weighted by molar-refractivity contribution is 5.86. The molecule has 0 unspecified atom stereocenters. The minimum atomic E-state index is -0.455. The Balaban J connectivity index is 0. The van der Waals surface area contributed by atoms with Gasteiger partial charge in [0.15, 0.2) is 0 Å². The van der Waals surface area contributed by atoms with Crippen LogP contribution in [0.5, 0.6) is 0 Å². The van der Waals surface area contributed by atoms with E-state index < -0.39 is 11.6 Å². The summed E-state index contributed by atoms with van der Waals surface area (Å²) in [7, 11) is 0. The van der Waals surface area contributed by atoms with Crippen LogP contribution >= 0.6 is 0 Å². The third kappa shape index (κ3) is 14.4. The van der Waals surface area contributed by atoms with Crippen LogP contribution in [0.25, 0.3) is 0 Å². The van der Waals surface area contributed by atoms with E-state index in [2.05, 4.69) is 17.9 Å². The van der Waals surface area contributed by atoms with E-state index in [1.54, 1.807) is 6.92 Å². The van der Waals surface area contributed by atoms with Crippen LogP contribution in [0, 0.1) is 0 Å². The van der Waals surface area contributed by atoms with Gasteiger partial charge in [-0.25, -0.2) is 9.59 Å². The van der Waals surface area contributed by atoms with Crippen molar-refractivity contribution >= 4 is 11.9 Å². The van der Waals surface area contributed by atoms with Gasteiger partial charge in [0.2, 0.25) is 0 Å². The molecular weight excluding hydrogens is 236 g/mol. The monoisotopic (exact) mass is 258 g/mol. The molecule has 0 aromatic carbocycles. The van der Waals surface area contributed by atoms with Gasteiger partial charge in [0.05, 0.1) is 6.61 Å². The first-order valence-corrected chi connectivity index (χ1v) is 5.43. The topological polar surface area (TPSA) is 72.8 Å². The molecule has 1 N–H and O–H groups in total. The van der Waals surface area contributed by atoms with Gasteiger partial charge >= 0.3 is 11.9 Å². The summed E-state index contributed by atoms with van der Waals surface area (Å²) in [4.78, 5) is 21.0. The lowest BCUT2D eigenvalue weighted by atomic mass is 10.2. The van der Waals surface area contributed by atoms with Crippen LogP contribution in [-0.2, 0) is 19.1 Å². The number of hydrogen-bond donors (Lipinski definition) is 1. The predicted octanol–water partition coefficient (Wildman–Crippen LogP) is 1.61. The standard InChI is InChI=1S/C7H12O2.C6H10O3/c1-5-6(8)9-7(2,3)4;1-5(2)6(8)9-4-3-7/h5H,1H2,2-4H3;7H,1,3-4H2,2H3. The lowest BCUT2D eigenvalue weighted by Gasteiger charge is -2.17. The summed E-state index contributed by atoms with van der Waals surface area (Å²) in [5, 5.41) is 8.19. The lowest BCUT2D eigenvalue weighted by Crippen LogP contribution is -2.22. The van der Waals surface area contributed by atoms with Gasteiger partial charge < -0.3 is 14.6 Å². The molecule has 0 saturated heterocycles. The first-order chi connectivity index (χ1) is 8.14. The van der Waals surface area contributed by atoms with Gasteiger partial charge in [-0.3, -0.25) is 0 Å². The maximum absolute atomic E-state index is 10.5. The highest BCUT2D eigenvalue weighted by Gasteiger charge is 2.12. The van der Waals surface area contributed by atoms with Crippen molar-refractivity contribution in [3.63, 3.8) is 0 Å². The van der Waals surface area contributed by atoms with E-state index in [1.807, 2.05) is 20.8 Å². The first-order valence-electron chi connectivity index (χ1n) is 5.43. The zero-order chi connectivity index (χ0) is 14.8. The van der Waals surface area contributed by atoms with Crippen LogP contribution in [0.3, 0.4) is 0 Å². The van der Waals surface area contributed by atoms with E-state index in [4.69, 9.17) is 9.84 Å². The molecule has 0 bridgehead atoms. The Morgan fingerprint density at radius 3 is 2.06 bits per heavy atom. The third-order valence-electron chi connectivity index (χ3n) is 1.25. The van der Waals surface area contributed by atoms with Crippen molar-refractivity contribution in [2.45, 2.75) is 33.3 Å². The van der Waals surface area contributed by atoms with Gasteiger partial charge in [0.1, 0.15) is 12.2 Å². The maximum atomic E-state index is 10.5. The lowest BCUT2D eigenvalue weighted by molar-refractivity contribution is -0.148. The van der Waals surface area contributed by atoms with E-state index in [0.29, 0.717) is 5.57 Å². The number of hydrogen-bond acceptors (Lipinski definition) is 5. The summed E-state index contributed by atoms with van der Waals surface area (Å²) in [5.41, 5.74) is -0.0471. The number of carbonyl (C=O) groups excluding carboxylic acids is 2. The third-order valence-corrected chi connectivity index (χ3v) is 1.25. The van der Waals surface area contributed by atoms with E-state index >= 15 is 0 Å². The summed E-state index contributed by atoms with van der Waals surface area (Å²) in [6, 6.07) is 0. The second kappa shape index (κ2) is 9.41. The molecule has 0 amide bonds. The number of aliphatic hydroxyl groups excluding tert-OH is 1. The molecule has 18 heavy (non-hydrogen) atoms. The summed E-state index contributed by atoms with van der Waals surface area (Å²) >= 11 is 0. The molecule has 5 heteroatoms. The molecular formula is C13H22O5. The van der Waals surface area contributed by atoms with Gasteiger partial charge in [-0.1, -0.05) is 13.2 Å². The van der Waals surface area contributed by atoms with Gasteiger partial charge in [0.25, 0.3) is 0 Å². The van der Waals surface area contributed by atoms with Crippen molar-refractivity contribution in [2.24, 2.45) is 0 Å². The first kappa shape index (κ1) is 18.7. The van der Waals surface area contributed by atoms with Gasteiger partial charge in [-0.2, -0.15) is 0 Å². The predicted molar refractivity (Wildman–Crippen MR) is 68.9 cm³/mol. The largest absolute Gasteiger partial charge is 0.460 e. The summed E-state index contributed by atoms with van der Waals surface area (Å²) in [6.45, 7) is 13.5. The molecule has 0 spiro atoms. The van der Waals surface area contributed by atoms with E-state index in [1.165, 1.54) is 0 Å². The van der Waals surface area contributed by atoms with E-state index in [-0.39, 0.29) is 19.2 Å². The number of carbonyl (C=O) groups is 2. The van der Waals surface area contributed by atoms with Crippen LogP contribution in [0.2, 0.25) is 0 Å². The van der Waals surface area contributed by atoms with Crippen molar-refractivity contribution in [1.82, 2.24) is 0 Å². The van der Waals surface area contributed by atoms with Crippen molar-refractivity contribution in [3.05, 3.63) is 24.8 Å². The molecule has 5 nitrogen and oxygen atoms in total. The zero-order valence-electron chi connectivity index (χ0n) is 11.5. The number of rotatable bonds is 4. The van der Waals surface area contributed by atoms with Crippen molar-refractivity contribution < 1.29 is 24.2 Å². The van der Waals surface area contributed by atoms with Crippen LogP contribution in [0.15, 0.2) is 24.8 Å². The molecule has 0 aliphatic carbocycles. The van der Waals surface area contributed by atoms with Crippen LogP contribution < -0.4 is 0 Å². The Bertz CT molecular complexity index is 299. The molecule has 0 saturated carbocycles. The average molecular weight is 258 g/mol. The van der Waals surface area contributed by atoms with Gasteiger partial charge in [-0.15, -0.1) is 0 Å². The molecule has 0 atom stereocenters. The Hall–Kier alpha value is -1.62. The smallest absolute Gasteiger partial charge is 0.333 e. The van der Waals surface area contributed by atoms with E-state index in [0.717, 1.165) is 6.08 Å². The second-order valence-corrected chi connectivity index (χ2v) is 4.38. The molecule has 0 aromatic heterocycles. The molecule has 0 radical (unpaired) electrons. The number of aliphatic hydroxyl groups is 1.